The predicted molar refractivity (Wildman–Crippen MR) is 77.0 cm³/mol. The van der Waals surface area contributed by atoms with Gasteiger partial charge in [0.05, 0.1) is 6.54 Å². The predicted octanol–water partition coefficient (Wildman–Crippen LogP) is 3.92. The monoisotopic (exact) mass is 257 g/mol. The van der Waals surface area contributed by atoms with Crippen molar-refractivity contribution >= 4 is 5.97 Å². The van der Waals surface area contributed by atoms with Gasteiger partial charge in [-0.1, -0.05) is 52.4 Å². The van der Waals surface area contributed by atoms with Gasteiger partial charge in [0.25, 0.3) is 0 Å². The van der Waals surface area contributed by atoms with Gasteiger partial charge in [-0.3, -0.25) is 9.69 Å². The van der Waals surface area contributed by atoms with E-state index in [1.54, 1.807) is 0 Å². The van der Waals surface area contributed by atoms with E-state index in [9.17, 15) is 4.79 Å². The van der Waals surface area contributed by atoms with Gasteiger partial charge in [-0.2, -0.15) is 0 Å². The second-order valence-corrected chi connectivity index (χ2v) is 5.24. The second-order valence-electron chi connectivity index (χ2n) is 5.24. The molecule has 1 unspecified atom stereocenters. The first-order valence-corrected chi connectivity index (χ1v) is 7.57. The highest BCUT2D eigenvalue weighted by Crippen LogP contribution is 2.10. The van der Waals surface area contributed by atoms with E-state index in [0.717, 1.165) is 19.4 Å². The Morgan fingerprint density at radius 2 is 1.61 bits per heavy atom. The molecule has 0 aliphatic heterocycles. The Bertz CT molecular complexity index is 207. The zero-order chi connectivity index (χ0) is 13.8. The molecule has 0 saturated heterocycles. The summed E-state index contributed by atoms with van der Waals surface area (Å²) in [5, 5.41) is 8.89. The van der Waals surface area contributed by atoms with Crippen LogP contribution in [0.2, 0.25) is 0 Å². The maximum atomic E-state index is 10.8. The van der Waals surface area contributed by atoms with Crippen LogP contribution in [0.25, 0.3) is 0 Å². The van der Waals surface area contributed by atoms with E-state index in [4.69, 9.17) is 5.11 Å². The molecule has 0 saturated carbocycles. The molecule has 0 aromatic heterocycles. The molecule has 0 fully saturated rings. The minimum Gasteiger partial charge on any atom is -0.480 e. The van der Waals surface area contributed by atoms with Crippen molar-refractivity contribution in [2.24, 2.45) is 0 Å². The van der Waals surface area contributed by atoms with Gasteiger partial charge in [0, 0.05) is 6.04 Å². The number of carbonyl (C=O) groups is 1. The molecule has 0 aliphatic rings. The highest BCUT2D eigenvalue weighted by Gasteiger charge is 2.14. The van der Waals surface area contributed by atoms with Gasteiger partial charge in [0.1, 0.15) is 0 Å². The first kappa shape index (κ1) is 17.4. The van der Waals surface area contributed by atoms with Crippen molar-refractivity contribution in [2.75, 3.05) is 13.1 Å². The zero-order valence-electron chi connectivity index (χ0n) is 12.5. The zero-order valence-corrected chi connectivity index (χ0v) is 12.5. The maximum absolute atomic E-state index is 10.8. The Kier molecular flexibility index (Phi) is 11.2. The lowest BCUT2D eigenvalue weighted by atomic mass is 10.1. The minimum absolute atomic E-state index is 0.185. The molecule has 1 atom stereocenters. The van der Waals surface area contributed by atoms with Gasteiger partial charge in [0.15, 0.2) is 0 Å². The van der Waals surface area contributed by atoms with Crippen LogP contribution < -0.4 is 0 Å². The number of unbranched alkanes of at least 4 members (excludes halogenated alkanes) is 6. The molecular weight excluding hydrogens is 226 g/mol. The van der Waals surface area contributed by atoms with Crippen LogP contribution in [-0.2, 0) is 4.79 Å². The highest BCUT2D eigenvalue weighted by molar-refractivity contribution is 5.69. The molecule has 0 rings (SSSR count). The lowest BCUT2D eigenvalue weighted by Gasteiger charge is -2.26. The van der Waals surface area contributed by atoms with E-state index in [1.807, 2.05) is 0 Å². The van der Waals surface area contributed by atoms with Crippen LogP contribution in [0.15, 0.2) is 0 Å². The van der Waals surface area contributed by atoms with Gasteiger partial charge in [-0.15, -0.1) is 0 Å². The summed E-state index contributed by atoms with van der Waals surface area (Å²) in [5.41, 5.74) is 0. The van der Waals surface area contributed by atoms with Crippen molar-refractivity contribution in [3.05, 3.63) is 0 Å². The summed E-state index contributed by atoms with van der Waals surface area (Å²) in [6.07, 6.45) is 9.99. The molecule has 18 heavy (non-hydrogen) atoms. The number of hydrogen-bond donors (Lipinski definition) is 1. The van der Waals surface area contributed by atoms with Crippen LogP contribution in [0.3, 0.4) is 0 Å². The van der Waals surface area contributed by atoms with Crippen LogP contribution in [0, 0.1) is 0 Å². The van der Waals surface area contributed by atoms with Crippen LogP contribution >= 0.6 is 0 Å². The number of carboxylic acid groups (broad SMARTS) is 1. The summed E-state index contributed by atoms with van der Waals surface area (Å²) in [6.45, 7) is 7.57. The fourth-order valence-electron chi connectivity index (χ4n) is 2.16. The average molecular weight is 257 g/mol. The van der Waals surface area contributed by atoms with E-state index in [0.29, 0.717) is 6.04 Å². The Balaban J connectivity index is 3.66. The largest absolute Gasteiger partial charge is 0.480 e. The fourth-order valence-corrected chi connectivity index (χ4v) is 2.16. The SMILES string of the molecule is CCCCCCCCCN(CC(=O)O)C(C)CC. The molecule has 3 heteroatoms. The van der Waals surface area contributed by atoms with Crippen molar-refractivity contribution < 1.29 is 9.90 Å². The molecule has 0 radical (unpaired) electrons. The quantitative estimate of drug-likeness (QED) is 0.539. The average Bonchev–Trinajstić information content (AvgIpc) is 2.34. The maximum Gasteiger partial charge on any atom is 0.317 e. The van der Waals surface area contributed by atoms with Crippen LogP contribution in [-0.4, -0.2) is 35.1 Å². The van der Waals surface area contributed by atoms with E-state index in [1.165, 1.54) is 38.5 Å². The van der Waals surface area contributed by atoms with E-state index >= 15 is 0 Å². The first-order valence-electron chi connectivity index (χ1n) is 7.57. The summed E-state index contributed by atoms with van der Waals surface area (Å²) in [6, 6.07) is 0.376. The minimum atomic E-state index is -0.710. The second kappa shape index (κ2) is 11.5. The Morgan fingerprint density at radius 1 is 1.06 bits per heavy atom. The van der Waals surface area contributed by atoms with Gasteiger partial charge in [-0.25, -0.2) is 0 Å². The van der Waals surface area contributed by atoms with E-state index < -0.39 is 5.97 Å². The number of hydrogen-bond acceptors (Lipinski definition) is 2. The molecule has 0 aromatic rings. The van der Waals surface area contributed by atoms with Gasteiger partial charge in [0.2, 0.25) is 0 Å². The van der Waals surface area contributed by atoms with Crippen LogP contribution in [0.1, 0.15) is 72.1 Å². The van der Waals surface area contributed by atoms with E-state index in [2.05, 4.69) is 25.7 Å². The number of aliphatic carboxylic acids is 1. The summed E-state index contributed by atoms with van der Waals surface area (Å²) in [7, 11) is 0. The third-order valence-corrected chi connectivity index (χ3v) is 3.60. The molecule has 1 N–H and O–H groups in total. The molecule has 0 spiro atoms. The van der Waals surface area contributed by atoms with Crippen molar-refractivity contribution in [1.82, 2.24) is 4.90 Å². The highest BCUT2D eigenvalue weighted by atomic mass is 16.4. The van der Waals surface area contributed by atoms with Crippen LogP contribution in [0.5, 0.6) is 0 Å². The van der Waals surface area contributed by atoms with Crippen molar-refractivity contribution in [3.63, 3.8) is 0 Å². The molecule has 0 amide bonds. The Labute approximate surface area is 113 Å². The van der Waals surface area contributed by atoms with Crippen LogP contribution in [0.4, 0.5) is 0 Å². The van der Waals surface area contributed by atoms with Gasteiger partial charge in [-0.05, 0) is 26.3 Å². The summed E-state index contributed by atoms with van der Waals surface area (Å²) < 4.78 is 0. The molecule has 0 heterocycles. The third kappa shape index (κ3) is 9.46. The van der Waals surface area contributed by atoms with Gasteiger partial charge < -0.3 is 5.11 Å². The molecule has 0 aromatic carbocycles. The fraction of sp³-hybridized carbons (Fsp3) is 0.933. The van der Waals surface area contributed by atoms with Crippen molar-refractivity contribution in [3.8, 4) is 0 Å². The standard InChI is InChI=1S/C15H31NO2/c1-4-6-7-8-9-10-11-12-16(13-15(17)18)14(3)5-2/h14H,4-13H2,1-3H3,(H,17,18). The normalized spacial score (nSPS) is 12.9. The number of carboxylic acids is 1. The first-order chi connectivity index (χ1) is 8.61. The van der Waals surface area contributed by atoms with Crippen molar-refractivity contribution in [2.45, 2.75) is 78.2 Å². The molecular formula is C15H31NO2. The Morgan fingerprint density at radius 3 is 2.11 bits per heavy atom. The number of rotatable bonds is 12. The van der Waals surface area contributed by atoms with E-state index in [-0.39, 0.29) is 6.54 Å². The smallest absolute Gasteiger partial charge is 0.317 e. The Hall–Kier alpha value is -0.570. The topological polar surface area (TPSA) is 40.5 Å². The number of nitrogens with zero attached hydrogens (tertiary/aromatic N) is 1. The lowest BCUT2D eigenvalue weighted by Crippen LogP contribution is -2.37. The lowest BCUT2D eigenvalue weighted by molar-refractivity contribution is -0.138. The third-order valence-electron chi connectivity index (χ3n) is 3.60. The van der Waals surface area contributed by atoms with Gasteiger partial charge >= 0.3 is 5.97 Å². The summed E-state index contributed by atoms with van der Waals surface area (Å²) in [5.74, 6) is -0.710. The summed E-state index contributed by atoms with van der Waals surface area (Å²) in [4.78, 5) is 12.9. The molecule has 108 valence electrons. The van der Waals surface area contributed by atoms with Crippen molar-refractivity contribution in [1.29, 1.82) is 0 Å². The molecule has 3 nitrogen and oxygen atoms in total. The molecule has 0 aliphatic carbocycles. The summed E-state index contributed by atoms with van der Waals surface area (Å²) >= 11 is 0. The molecule has 0 bridgehead atoms.